The van der Waals surface area contributed by atoms with E-state index in [9.17, 15) is 4.79 Å². The summed E-state index contributed by atoms with van der Waals surface area (Å²) in [6, 6.07) is 7.76. The fourth-order valence-electron chi connectivity index (χ4n) is 2.12. The quantitative estimate of drug-likeness (QED) is 0.500. The van der Waals surface area contributed by atoms with E-state index in [2.05, 4.69) is 10.3 Å². The molecule has 6 nitrogen and oxygen atoms in total. The zero-order valence-corrected chi connectivity index (χ0v) is 13.5. The maximum Gasteiger partial charge on any atom is 0.415 e. The van der Waals surface area contributed by atoms with E-state index in [-0.39, 0.29) is 11.6 Å². The van der Waals surface area contributed by atoms with Gasteiger partial charge in [-0.1, -0.05) is 12.1 Å². The van der Waals surface area contributed by atoms with E-state index < -0.39 is 11.7 Å². The Morgan fingerprint density at radius 1 is 1.36 bits per heavy atom. The van der Waals surface area contributed by atoms with Crippen LogP contribution in [0, 0.1) is 0 Å². The number of hydrogen-bond acceptors (Lipinski definition) is 5. The number of benzene rings is 1. The lowest BCUT2D eigenvalue weighted by Gasteiger charge is -2.20. The van der Waals surface area contributed by atoms with Gasteiger partial charge in [0.2, 0.25) is 0 Å². The van der Waals surface area contributed by atoms with Crippen LogP contribution in [0.1, 0.15) is 39.2 Å². The Morgan fingerprint density at radius 3 is 2.55 bits per heavy atom. The van der Waals surface area contributed by atoms with Gasteiger partial charge in [0.15, 0.2) is 0 Å². The summed E-state index contributed by atoms with van der Waals surface area (Å²) in [6.07, 6.45) is 1.19. The molecule has 1 aliphatic carbocycles. The van der Waals surface area contributed by atoms with Gasteiger partial charge in [-0.2, -0.15) is 0 Å². The minimum atomic E-state index is -0.587. The van der Waals surface area contributed by atoms with Gasteiger partial charge in [0.05, 0.1) is 12.6 Å². The van der Waals surface area contributed by atoms with Crippen molar-refractivity contribution in [2.75, 3.05) is 12.8 Å². The van der Waals surface area contributed by atoms with Crippen LogP contribution in [0.2, 0.25) is 0 Å². The van der Waals surface area contributed by atoms with Gasteiger partial charge in [-0.05, 0) is 51.3 Å². The average Bonchev–Trinajstić information content (AvgIpc) is 3.16. The number of alkyl carbamates (subject to hydrolysis) is 1. The molecule has 0 bridgehead atoms. The van der Waals surface area contributed by atoms with E-state index in [1.54, 1.807) is 20.8 Å². The molecule has 0 spiro atoms. The highest BCUT2D eigenvalue weighted by atomic mass is 16.6. The molecule has 3 N–H and O–H groups in total. The summed E-state index contributed by atoms with van der Waals surface area (Å²) < 4.78 is 10.4. The van der Waals surface area contributed by atoms with Crippen LogP contribution in [0.15, 0.2) is 29.3 Å². The SMILES string of the molecule is CO/C(=N\C1(c2cccc(N)c2)CC1)NC(=O)OC(C)(C)C. The zero-order valence-electron chi connectivity index (χ0n) is 13.5. The predicted octanol–water partition coefficient (Wildman–Crippen LogP) is 2.79. The number of anilines is 1. The van der Waals surface area contributed by atoms with Crippen molar-refractivity contribution in [1.82, 2.24) is 5.32 Å². The second-order valence-corrected chi connectivity index (χ2v) is 6.41. The Labute approximate surface area is 130 Å². The largest absolute Gasteiger partial charge is 0.468 e. The highest BCUT2D eigenvalue weighted by molar-refractivity contribution is 5.91. The molecule has 0 atom stereocenters. The number of amides is 1. The van der Waals surface area contributed by atoms with Crippen LogP contribution in [0.5, 0.6) is 0 Å². The average molecular weight is 305 g/mol. The first kappa shape index (κ1) is 16.1. The third-order valence-electron chi connectivity index (χ3n) is 3.26. The van der Waals surface area contributed by atoms with Gasteiger partial charge in [-0.15, -0.1) is 0 Å². The molecule has 1 aromatic carbocycles. The number of nitrogens with one attached hydrogen (secondary N) is 1. The molecule has 1 fully saturated rings. The minimum absolute atomic E-state index is 0.147. The van der Waals surface area contributed by atoms with Gasteiger partial charge in [0.25, 0.3) is 6.02 Å². The molecule has 6 heteroatoms. The van der Waals surface area contributed by atoms with E-state index in [1.807, 2.05) is 24.3 Å². The van der Waals surface area contributed by atoms with E-state index in [1.165, 1.54) is 7.11 Å². The van der Waals surface area contributed by atoms with Crippen molar-refractivity contribution in [3.63, 3.8) is 0 Å². The number of carbonyl (C=O) groups is 1. The second-order valence-electron chi connectivity index (χ2n) is 6.41. The van der Waals surface area contributed by atoms with Crippen LogP contribution in [0.4, 0.5) is 10.5 Å². The number of methoxy groups -OCH3 is 1. The van der Waals surface area contributed by atoms with E-state index >= 15 is 0 Å². The van der Waals surface area contributed by atoms with Gasteiger partial charge < -0.3 is 15.2 Å². The Hall–Kier alpha value is -2.24. The summed E-state index contributed by atoms with van der Waals surface area (Å²) in [5, 5.41) is 2.54. The molecule has 0 saturated heterocycles. The highest BCUT2D eigenvalue weighted by Crippen LogP contribution is 2.49. The van der Waals surface area contributed by atoms with Crippen LogP contribution >= 0.6 is 0 Å². The van der Waals surface area contributed by atoms with Gasteiger partial charge >= 0.3 is 6.09 Å². The maximum absolute atomic E-state index is 11.8. The van der Waals surface area contributed by atoms with Crippen molar-refractivity contribution in [3.8, 4) is 0 Å². The Morgan fingerprint density at radius 2 is 2.05 bits per heavy atom. The van der Waals surface area contributed by atoms with E-state index in [0.717, 1.165) is 18.4 Å². The number of nitrogens with zero attached hydrogens (tertiary/aromatic N) is 1. The smallest absolute Gasteiger partial charge is 0.415 e. The zero-order chi connectivity index (χ0) is 16.4. The third kappa shape index (κ3) is 4.13. The number of hydrogen-bond donors (Lipinski definition) is 2. The number of nitrogens with two attached hydrogens (primary N) is 1. The second kappa shape index (κ2) is 5.87. The van der Waals surface area contributed by atoms with Crippen LogP contribution in [-0.2, 0) is 15.0 Å². The van der Waals surface area contributed by atoms with E-state index in [4.69, 9.17) is 15.2 Å². The molecule has 1 aliphatic rings. The first-order valence-electron chi connectivity index (χ1n) is 7.24. The van der Waals surface area contributed by atoms with Gasteiger partial charge in [0, 0.05) is 5.69 Å². The topological polar surface area (TPSA) is 85.9 Å². The Balaban J connectivity index is 2.13. The summed E-state index contributed by atoms with van der Waals surface area (Å²) in [6.45, 7) is 5.39. The van der Waals surface area contributed by atoms with Crippen molar-refractivity contribution < 1.29 is 14.3 Å². The van der Waals surface area contributed by atoms with Crippen LogP contribution in [-0.4, -0.2) is 24.8 Å². The number of rotatable bonds is 2. The molecule has 120 valence electrons. The minimum Gasteiger partial charge on any atom is -0.468 e. The molecule has 1 amide bonds. The van der Waals surface area contributed by atoms with E-state index in [0.29, 0.717) is 5.69 Å². The molecule has 0 aliphatic heterocycles. The first-order chi connectivity index (χ1) is 10.2. The molecule has 2 rings (SSSR count). The number of aliphatic imine (C=N–C) groups is 1. The summed E-state index contributed by atoms with van der Waals surface area (Å²) in [5.74, 6) is 0. The van der Waals surface area contributed by atoms with Gasteiger partial charge in [-0.3, -0.25) is 0 Å². The molecule has 0 unspecified atom stereocenters. The molecular weight excluding hydrogens is 282 g/mol. The Bertz CT molecular complexity index is 587. The predicted molar refractivity (Wildman–Crippen MR) is 85.6 cm³/mol. The van der Waals surface area contributed by atoms with Gasteiger partial charge in [0.1, 0.15) is 5.60 Å². The number of carbonyl (C=O) groups excluding carboxylic acids is 1. The molecule has 0 aromatic heterocycles. The summed E-state index contributed by atoms with van der Waals surface area (Å²) in [5.41, 5.74) is 6.60. The fourth-order valence-corrected chi connectivity index (χ4v) is 2.12. The lowest BCUT2D eigenvalue weighted by molar-refractivity contribution is 0.0551. The standard InChI is InChI=1S/C16H23N3O3/c1-15(2,3)22-14(20)18-13(21-4)19-16(8-9-16)11-6-5-7-12(17)10-11/h5-7,10H,8-9,17H2,1-4H3,(H,18,19,20). The molecule has 1 saturated carbocycles. The molecule has 22 heavy (non-hydrogen) atoms. The molecular formula is C16H23N3O3. The molecule has 0 heterocycles. The van der Waals surface area contributed by atoms with Crippen molar-refractivity contribution >= 4 is 17.8 Å². The first-order valence-corrected chi connectivity index (χ1v) is 7.24. The Kier molecular flexibility index (Phi) is 4.30. The number of amidine groups is 1. The van der Waals surface area contributed by atoms with Crippen LogP contribution < -0.4 is 11.1 Å². The fraction of sp³-hybridized carbons (Fsp3) is 0.500. The number of nitrogen functional groups attached to an aromatic ring is 1. The van der Waals surface area contributed by atoms with Crippen molar-refractivity contribution in [2.45, 2.75) is 44.8 Å². The molecule has 1 aromatic rings. The van der Waals surface area contributed by atoms with Crippen molar-refractivity contribution in [2.24, 2.45) is 4.99 Å². The lowest BCUT2D eigenvalue weighted by atomic mass is 10.1. The number of ether oxygens (including phenoxy) is 2. The summed E-state index contributed by atoms with van der Waals surface area (Å²) in [4.78, 5) is 16.4. The lowest BCUT2D eigenvalue weighted by Crippen LogP contribution is -2.37. The van der Waals surface area contributed by atoms with Gasteiger partial charge in [-0.25, -0.2) is 15.1 Å². The monoisotopic (exact) mass is 305 g/mol. The summed E-state index contributed by atoms with van der Waals surface area (Å²) in [7, 11) is 1.46. The van der Waals surface area contributed by atoms with Crippen molar-refractivity contribution in [1.29, 1.82) is 0 Å². The highest BCUT2D eigenvalue weighted by Gasteiger charge is 2.45. The third-order valence-corrected chi connectivity index (χ3v) is 3.26. The maximum atomic E-state index is 11.8. The summed E-state index contributed by atoms with van der Waals surface area (Å²) >= 11 is 0. The van der Waals surface area contributed by atoms with Crippen LogP contribution in [0.25, 0.3) is 0 Å². The van der Waals surface area contributed by atoms with Crippen molar-refractivity contribution in [3.05, 3.63) is 29.8 Å². The normalized spacial score (nSPS) is 16.8. The molecule has 0 radical (unpaired) electrons. The van der Waals surface area contributed by atoms with Crippen LogP contribution in [0.3, 0.4) is 0 Å².